The summed E-state index contributed by atoms with van der Waals surface area (Å²) in [5.41, 5.74) is 7.50. The second-order valence-electron chi connectivity index (χ2n) is 6.13. The van der Waals surface area contributed by atoms with Crippen LogP contribution in [0.3, 0.4) is 0 Å². The van der Waals surface area contributed by atoms with E-state index in [-0.39, 0.29) is 0 Å². The molecule has 0 radical (unpaired) electrons. The largest absolute Gasteiger partial charge is 0.330 e. The zero-order valence-corrected chi connectivity index (χ0v) is 13.2. The van der Waals surface area contributed by atoms with Crippen molar-refractivity contribution in [1.29, 1.82) is 0 Å². The zero-order valence-electron chi connectivity index (χ0n) is 12.4. The summed E-state index contributed by atoms with van der Waals surface area (Å²) in [5, 5.41) is 0.728. The van der Waals surface area contributed by atoms with E-state index in [2.05, 4.69) is 47.9 Å². The van der Waals surface area contributed by atoms with E-state index in [4.69, 9.17) is 5.73 Å². The Morgan fingerprint density at radius 3 is 2.90 bits per heavy atom. The molecule has 1 saturated carbocycles. The monoisotopic (exact) mass is 290 g/mol. The van der Waals surface area contributed by atoms with Gasteiger partial charge in [-0.15, -0.1) is 11.8 Å². The van der Waals surface area contributed by atoms with Crippen LogP contribution in [-0.4, -0.2) is 35.8 Å². The molecule has 3 heteroatoms. The van der Waals surface area contributed by atoms with Gasteiger partial charge in [-0.1, -0.05) is 31.5 Å². The molecular weight excluding hydrogens is 264 g/mol. The summed E-state index contributed by atoms with van der Waals surface area (Å²) >= 11 is 2.07. The molecule has 110 valence electrons. The van der Waals surface area contributed by atoms with Gasteiger partial charge in [0.2, 0.25) is 0 Å². The van der Waals surface area contributed by atoms with Gasteiger partial charge in [0, 0.05) is 22.7 Å². The third kappa shape index (κ3) is 2.90. The molecule has 2 nitrogen and oxygen atoms in total. The van der Waals surface area contributed by atoms with Gasteiger partial charge in [0.05, 0.1) is 0 Å². The highest BCUT2D eigenvalue weighted by atomic mass is 32.2. The minimum atomic E-state index is 0.726. The number of benzene rings is 1. The summed E-state index contributed by atoms with van der Waals surface area (Å²) in [4.78, 5) is 4.20. The van der Waals surface area contributed by atoms with Crippen molar-refractivity contribution < 1.29 is 0 Å². The van der Waals surface area contributed by atoms with Gasteiger partial charge in [-0.25, -0.2) is 0 Å². The average molecular weight is 290 g/mol. The standard InChI is InChI=1S/C17H26N2S/c1-2-19(16-8-5-7-14(16)11-18)12-15-10-13-6-3-4-9-17(13)20-15/h3-4,6,9,14-16H,2,5,7-8,10-12,18H2,1H3. The first-order chi connectivity index (χ1) is 9.81. The molecule has 1 aliphatic heterocycles. The number of fused-ring (bicyclic) bond motifs is 1. The van der Waals surface area contributed by atoms with Gasteiger partial charge in [-0.2, -0.15) is 0 Å². The van der Waals surface area contributed by atoms with E-state index in [1.54, 1.807) is 5.56 Å². The highest BCUT2D eigenvalue weighted by molar-refractivity contribution is 8.00. The molecule has 3 unspecified atom stereocenters. The van der Waals surface area contributed by atoms with Crippen molar-refractivity contribution >= 4 is 11.8 Å². The first-order valence-electron chi connectivity index (χ1n) is 8.00. The summed E-state index contributed by atoms with van der Waals surface area (Å²) in [6, 6.07) is 9.62. The Hall–Kier alpha value is -0.510. The van der Waals surface area contributed by atoms with E-state index >= 15 is 0 Å². The fourth-order valence-corrected chi connectivity index (χ4v) is 5.24. The van der Waals surface area contributed by atoms with Crippen LogP contribution in [0.4, 0.5) is 0 Å². The molecule has 0 aromatic heterocycles. The molecule has 0 amide bonds. The Balaban J connectivity index is 1.62. The maximum Gasteiger partial charge on any atom is 0.0263 e. The normalized spacial score (nSPS) is 29.1. The van der Waals surface area contributed by atoms with Gasteiger partial charge in [0.15, 0.2) is 0 Å². The van der Waals surface area contributed by atoms with E-state index in [9.17, 15) is 0 Å². The van der Waals surface area contributed by atoms with Crippen molar-refractivity contribution in [2.75, 3.05) is 19.6 Å². The molecule has 2 N–H and O–H groups in total. The lowest BCUT2D eigenvalue weighted by Gasteiger charge is -2.33. The molecule has 20 heavy (non-hydrogen) atoms. The molecule has 1 aromatic rings. The Morgan fingerprint density at radius 1 is 1.30 bits per heavy atom. The summed E-state index contributed by atoms with van der Waals surface area (Å²) < 4.78 is 0. The third-order valence-corrected chi connectivity index (χ3v) is 6.25. The number of nitrogens with zero attached hydrogens (tertiary/aromatic N) is 1. The fourth-order valence-electron chi connectivity index (χ4n) is 3.89. The fraction of sp³-hybridized carbons (Fsp3) is 0.647. The van der Waals surface area contributed by atoms with E-state index in [1.807, 2.05) is 0 Å². The second kappa shape index (κ2) is 6.50. The molecule has 1 aliphatic carbocycles. The average Bonchev–Trinajstić information content (AvgIpc) is 3.10. The molecule has 1 heterocycles. The van der Waals surface area contributed by atoms with Crippen LogP contribution in [-0.2, 0) is 6.42 Å². The van der Waals surface area contributed by atoms with Crippen LogP contribution in [0.25, 0.3) is 0 Å². The van der Waals surface area contributed by atoms with Crippen molar-refractivity contribution in [2.45, 2.75) is 48.8 Å². The van der Waals surface area contributed by atoms with E-state index in [0.29, 0.717) is 0 Å². The minimum absolute atomic E-state index is 0.726. The number of thioether (sulfide) groups is 1. The van der Waals surface area contributed by atoms with E-state index in [0.717, 1.165) is 30.3 Å². The maximum atomic E-state index is 5.96. The summed E-state index contributed by atoms with van der Waals surface area (Å²) in [6.07, 6.45) is 5.27. The zero-order chi connectivity index (χ0) is 13.9. The molecule has 0 spiro atoms. The quantitative estimate of drug-likeness (QED) is 0.903. The van der Waals surface area contributed by atoms with Crippen LogP contribution in [0, 0.1) is 5.92 Å². The van der Waals surface area contributed by atoms with Gasteiger partial charge in [0.1, 0.15) is 0 Å². The van der Waals surface area contributed by atoms with Crippen molar-refractivity contribution in [3.63, 3.8) is 0 Å². The lowest BCUT2D eigenvalue weighted by Crippen LogP contribution is -2.43. The molecular formula is C17H26N2S. The Bertz CT molecular complexity index is 423. The molecule has 1 fully saturated rings. The van der Waals surface area contributed by atoms with Crippen LogP contribution >= 0.6 is 11.8 Å². The molecule has 0 bridgehead atoms. The lowest BCUT2D eigenvalue weighted by atomic mass is 10.0. The smallest absolute Gasteiger partial charge is 0.0263 e. The summed E-state index contributed by atoms with van der Waals surface area (Å²) in [6.45, 7) is 5.55. The summed E-state index contributed by atoms with van der Waals surface area (Å²) in [5.74, 6) is 0.726. The van der Waals surface area contributed by atoms with Gasteiger partial charge >= 0.3 is 0 Å². The predicted octanol–water partition coefficient (Wildman–Crippen LogP) is 3.15. The number of nitrogens with two attached hydrogens (primary N) is 1. The van der Waals surface area contributed by atoms with Gasteiger partial charge in [0.25, 0.3) is 0 Å². The first-order valence-corrected chi connectivity index (χ1v) is 8.88. The Labute approximate surface area is 127 Å². The van der Waals surface area contributed by atoms with Gasteiger partial charge < -0.3 is 5.73 Å². The van der Waals surface area contributed by atoms with Crippen molar-refractivity contribution in [2.24, 2.45) is 11.7 Å². The van der Waals surface area contributed by atoms with Crippen LogP contribution in [0.15, 0.2) is 29.2 Å². The topological polar surface area (TPSA) is 29.3 Å². The third-order valence-electron chi connectivity index (χ3n) is 4.95. The van der Waals surface area contributed by atoms with Gasteiger partial charge in [-0.3, -0.25) is 4.90 Å². The van der Waals surface area contributed by atoms with Crippen LogP contribution < -0.4 is 5.73 Å². The molecule has 3 atom stereocenters. The molecule has 2 aliphatic rings. The van der Waals surface area contributed by atoms with Crippen molar-refractivity contribution in [1.82, 2.24) is 4.90 Å². The number of rotatable bonds is 5. The van der Waals surface area contributed by atoms with Crippen LogP contribution in [0.2, 0.25) is 0 Å². The Morgan fingerprint density at radius 2 is 2.15 bits per heavy atom. The molecule has 3 rings (SSSR count). The molecule has 1 aromatic carbocycles. The van der Waals surface area contributed by atoms with Gasteiger partial charge in [-0.05, 0) is 49.9 Å². The van der Waals surface area contributed by atoms with Crippen molar-refractivity contribution in [3.05, 3.63) is 29.8 Å². The number of hydrogen-bond donors (Lipinski definition) is 1. The van der Waals surface area contributed by atoms with Crippen LogP contribution in [0.5, 0.6) is 0 Å². The summed E-state index contributed by atoms with van der Waals surface area (Å²) in [7, 11) is 0. The Kier molecular flexibility index (Phi) is 4.69. The SMILES string of the molecule is CCN(CC1Cc2ccccc2S1)C1CCCC1CN. The highest BCUT2D eigenvalue weighted by Crippen LogP contribution is 2.38. The number of hydrogen-bond acceptors (Lipinski definition) is 3. The second-order valence-corrected chi connectivity index (χ2v) is 7.48. The highest BCUT2D eigenvalue weighted by Gasteiger charge is 2.33. The van der Waals surface area contributed by atoms with E-state index in [1.165, 1.54) is 37.1 Å². The first kappa shape index (κ1) is 14.4. The minimum Gasteiger partial charge on any atom is -0.330 e. The van der Waals surface area contributed by atoms with Crippen LogP contribution in [0.1, 0.15) is 31.7 Å². The van der Waals surface area contributed by atoms with E-state index < -0.39 is 0 Å². The van der Waals surface area contributed by atoms with Crippen molar-refractivity contribution in [3.8, 4) is 0 Å². The molecule has 0 saturated heterocycles. The lowest BCUT2D eigenvalue weighted by molar-refractivity contribution is 0.171. The predicted molar refractivity (Wildman–Crippen MR) is 87.2 cm³/mol. The maximum absolute atomic E-state index is 5.96.